The highest BCUT2D eigenvalue weighted by molar-refractivity contribution is 7.99. The van der Waals surface area contributed by atoms with Crippen molar-refractivity contribution in [3.8, 4) is 0 Å². The zero-order valence-electron chi connectivity index (χ0n) is 18.0. The van der Waals surface area contributed by atoms with E-state index < -0.39 is 53.7 Å². The van der Waals surface area contributed by atoms with Gasteiger partial charge in [-0.3, -0.25) is 19.2 Å². The first-order valence-electron chi connectivity index (χ1n) is 9.60. The minimum atomic E-state index is -1.16. The molecule has 1 aromatic carbocycles. The molecule has 0 aromatic heterocycles. The van der Waals surface area contributed by atoms with Gasteiger partial charge in [0.15, 0.2) is 18.3 Å². The number of rotatable bonds is 7. The first kappa shape index (κ1) is 24.7. The first-order chi connectivity index (χ1) is 14.6. The van der Waals surface area contributed by atoms with E-state index in [0.29, 0.717) is 0 Å². The van der Waals surface area contributed by atoms with Crippen molar-refractivity contribution in [2.45, 2.75) is 69.4 Å². The summed E-state index contributed by atoms with van der Waals surface area (Å²) in [6, 6.07) is 7.56. The Kier molecular flexibility index (Phi) is 8.88. The lowest BCUT2D eigenvalue weighted by atomic mass is 9.99. The Morgan fingerprint density at radius 3 is 1.84 bits per heavy atom. The molecule has 0 bridgehead atoms. The van der Waals surface area contributed by atoms with Gasteiger partial charge in [-0.15, -0.1) is 0 Å². The van der Waals surface area contributed by atoms with Gasteiger partial charge in [0, 0.05) is 32.6 Å². The zero-order valence-corrected chi connectivity index (χ0v) is 18.8. The summed E-state index contributed by atoms with van der Waals surface area (Å²) in [7, 11) is 0. The summed E-state index contributed by atoms with van der Waals surface area (Å²) in [5, 5.41) is 0. The van der Waals surface area contributed by atoms with Crippen LogP contribution in [0.15, 0.2) is 29.2 Å². The topological polar surface area (TPSA) is 114 Å². The molecule has 170 valence electrons. The standard InChI is InChI=1S/C21H26O9S/c1-11-6-8-16(9-7-11)31-21-20(29-15(5)25)19(28-14(4)24)18(27-13(3)23)17(30-21)10-26-12(2)22/h6-9,17-21H,10H2,1-5H3/t17-,18-,19+,20+,21+/m1/s1. The van der Waals surface area contributed by atoms with Gasteiger partial charge in [0.05, 0.1) is 0 Å². The van der Waals surface area contributed by atoms with E-state index in [9.17, 15) is 19.2 Å². The SMILES string of the molecule is CC(=O)OC[C@H]1O[C@@H](Sc2ccc(C)cc2)[C@@H](OC(C)=O)[C@@H](OC(C)=O)[C@@H]1OC(C)=O. The molecular weight excluding hydrogens is 428 g/mol. The molecule has 0 aliphatic carbocycles. The Morgan fingerprint density at radius 2 is 1.32 bits per heavy atom. The summed E-state index contributed by atoms with van der Waals surface area (Å²) < 4.78 is 27.3. The third-order valence-corrected chi connectivity index (χ3v) is 5.38. The smallest absolute Gasteiger partial charge is 0.303 e. The molecular formula is C21H26O9S. The quantitative estimate of drug-likeness (QED) is 0.448. The Hall–Kier alpha value is -2.59. The third kappa shape index (κ3) is 7.55. The molecule has 1 fully saturated rings. The second-order valence-corrected chi connectivity index (χ2v) is 8.17. The molecule has 1 heterocycles. The third-order valence-electron chi connectivity index (χ3n) is 4.22. The van der Waals surface area contributed by atoms with Crippen molar-refractivity contribution >= 4 is 35.6 Å². The molecule has 1 aromatic rings. The number of aryl methyl sites for hydroxylation is 1. The fourth-order valence-corrected chi connectivity index (χ4v) is 4.14. The summed E-state index contributed by atoms with van der Waals surface area (Å²) in [6.07, 6.45) is -4.35. The van der Waals surface area contributed by atoms with Crippen LogP contribution in [-0.4, -0.2) is 60.3 Å². The van der Waals surface area contributed by atoms with Crippen molar-refractivity contribution in [1.82, 2.24) is 0 Å². The number of ether oxygens (including phenoxy) is 5. The average molecular weight is 454 g/mol. The maximum Gasteiger partial charge on any atom is 0.303 e. The average Bonchev–Trinajstić information content (AvgIpc) is 2.65. The Morgan fingerprint density at radius 1 is 0.806 bits per heavy atom. The molecule has 0 saturated carbocycles. The van der Waals surface area contributed by atoms with E-state index in [1.165, 1.54) is 39.5 Å². The lowest BCUT2D eigenvalue weighted by Gasteiger charge is -2.44. The van der Waals surface area contributed by atoms with Crippen LogP contribution in [0.3, 0.4) is 0 Å². The van der Waals surface area contributed by atoms with Gasteiger partial charge in [-0.25, -0.2) is 0 Å². The molecule has 1 saturated heterocycles. The molecule has 10 heteroatoms. The van der Waals surface area contributed by atoms with Gasteiger partial charge in [-0.05, 0) is 19.1 Å². The van der Waals surface area contributed by atoms with Crippen LogP contribution in [0.1, 0.15) is 33.3 Å². The van der Waals surface area contributed by atoms with E-state index in [0.717, 1.165) is 10.5 Å². The van der Waals surface area contributed by atoms with Crippen molar-refractivity contribution in [3.05, 3.63) is 29.8 Å². The van der Waals surface area contributed by atoms with E-state index in [4.69, 9.17) is 23.7 Å². The number of carbonyl (C=O) groups is 4. The molecule has 0 amide bonds. The summed E-state index contributed by atoms with van der Waals surface area (Å²) in [5.74, 6) is -2.50. The molecule has 2 rings (SSSR count). The van der Waals surface area contributed by atoms with E-state index in [1.54, 1.807) is 0 Å². The van der Waals surface area contributed by atoms with Crippen molar-refractivity contribution in [1.29, 1.82) is 0 Å². The van der Waals surface area contributed by atoms with Gasteiger partial charge in [0.1, 0.15) is 18.1 Å². The second-order valence-electron chi connectivity index (χ2n) is 7.00. The lowest BCUT2D eigenvalue weighted by Crippen LogP contribution is -2.61. The van der Waals surface area contributed by atoms with E-state index >= 15 is 0 Å². The molecule has 9 nitrogen and oxygen atoms in total. The minimum Gasteiger partial charge on any atom is -0.463 e. The largest absolute Gasteiger partial charge is 0.463 e. The Bertz CT molecular complexity index is 808. The predicted molar refractivity (Wildman–Crippen MR) is 109 cm³/mol. The summed E-state index contributed by atoms with van der Waals surface area (Å²) in [6.45, 7) is 6.51. The van der Waals surface area contributed by atoms with E-state index in [2.05, 4.69) is 0 Å². The van der Waals surface area contributed by atoms with Gasteiger partial charge in [0.25, 0.3) is 0 Å². The molecule has 1 aliphatic heterocycles. The summed E-state index contributed by atoms with van der Waals surface area (Å²) in [5.41, 5.74) is 0.231. The van der Waals surface area contributed by atoms with Crippen LogP contribution in [-0.2, 0) is 42.9 Å². The van der Waals surface area contributed by atoms with Crippen molar-refractivity contribution in [2.24, 2.45) is 0 Å². The highest BCUT2D eigenvalue weighted by Crippen LogP contribution is 2.37. The van der Waals surface area contributed by atoms with Crippen molar-refractivity contribution in [3.63, 3.8) is 0 Å². The Labute approximate surface area is 184 Å². The van der Waals surface area contributed by atoms with Gasteiger partial charge < -0.3 is 23.7 Å². The lowest BCUT2D eigenvalue weighted by molar-refractivity contribution is -0.237. The monoisotopic (exact) mass is 454 g/mol. The highest BCUT2D eigenvalue weighted by atomic mass is 32.2. The maximum absolute atomic E-state index is 11.8. The fraction of sp³-hybridized carbons (Fsp3) is 0.524. The van der Waals surface area contributed by atoms with Crippen LogP contribution in [0.4, 0.5) is 0 Å². The second kappa shape index (κ2) is 11.1. The number of hydrogen-bond acceptors (Lipinski definition) is 10. The molecule has 0 unspecified atom stereocenters. The van der Waals surface area contributed by atoms with Gasteiger partial charge in [-0.1, -0.05) is 29.5 Å². The zero-order chi connectivity index (χ0) is 23.1. The van der Waals surface area contributed by atoms with Gasteiger partial charge in [0.2, 0.25) is 0 Å². The summed E-state index contributed by atoms with van der Waals surface area (Å²) in [4.78, 5) is 47.5. The van der Waals surface area contributed by atoms with Crippen LogP contribution in [0.25, 0.3) is 0 Å². The highest BCUT2D eigenvalue weighted by Gasteiger charge is 2.52. The normalized spacial score (nSPS) is 25.3. The van der Waals surface area contributed by atoms with Crippen LogP contribution in [0, 0.1) is 6.92 Å². The van der Waals surface area contributed by atoms with Gasteiger partial charge >= 0.3 is 23.9 Å². The number of hydrogen-bond donors (Lipinski definition) is 0. The maximum atomic E-state index is 11.8. The first-order valence-corrected chi connectivity index (χ1v) is 10.5. The van der Waals surface area contributed by atoms with Crippen LogP contribution >= 0.6 is 11.8 Å². The van der Waals surface area contributed by atoms with Crippen LogP contribution in [0.2, 0.25) is 0 Å². The molecule has 1 aliphatic rings. The van der Waals surface area contributed by atoms with E-state index in [-0.39, 0.29) is 6.61 Å². The minimum absolute atomic E-state index is 0.247. The number of benzene rings is 1. The van der Waals surface area contributed by atoms with Gasteiger partial charge in [-0.2, -0.15) is 0 Å². The summed E-state index contributed by atoms with van der Waals surface area (Å²) >= 11 is 1.24. The molecule has 0 radical (unpaired) electrons. The molecule has 0 N–H and O–H groups in total. The number of esters is 4. The molecule has 5 atom stereocenters. The molecule has 31 heavy (non-hydrogen) atoms. The van der Waals surface area contributed by atoms with Crippen molar-refractivity contribution in [2.75, 3.05) is 6.61 Å². The fourth-order valence-electron chi connectivity index (χ4n) is 3.03. The van der Waals surface area contributed by atoms with Crippen LogP contribution < -0.4 is 0 Å². The van der Waals surface area contributed by atoms with E-state index in [1.807, 2.05) is 31.2 Å². The molecule has 0 spiro atoms. The van der Waals surface area contributed by atoms with Crippen molar-refractivity contribution < 1.29 is 42.9 Å². The van der Waals surface area contributed by atoms with Crippen LogP contribution in [0.5, 0.6) is 0 Å². The predicted octanol–water partition coefficient (Wildman–Crippen LogP) is 2.17. The number of carbonyl (C=O) groups excluding carboxylic acids is 4. The number of thioether (sulfide) groups is 1. The Balaban J connectivity index is 2.43.